The maximum Gasteiger partial charge on any atom is 0.266 e. The first-order valence-electron chi connectivity index (χ1n) is 18.6. The maximum atomic E-state index is 13.2. The first-order chi connectivity index (χ1) is 25.7. The third-order valence-corrected chi connectivity index (χ3v) is 9.81. The number of fused-ring (bicyclic) bond motifs is 2. The highest BCUT2D eigenvalue weighted by atomic mass is 16.5. The Balaban J connectivity index is 0.828. The number of imide groups is 2. The van der Waals surface area contributed by atoms with E-state index in [4.69, 9.17) is 4.74 Å². The first-order valence-corrected chi connectivity index (χ1v) is 18.6. The zero-order chi connectivity index (χ0) is 37.3. The van der Waals surface area contributed by atoms with Crippen LogP contribution in [0, 0.1) is 0 Å². The van der Waals surface area contributed by atoms with Crippen molar-refractivity contribution < 1.29 is 33.5 Å². The number of benzene rings is 2. The molecule has 5 N–H and O–H groups in total. The van der Waals surface area contributed by atoms with Crippen LogP contribution >= 0.6 is 0 Å². The quantitative estimate of drug-likeness (QED) is 0.0881. The van der Waals surface area contributed by atoms with E-state index in [2.05, 4.69) is 37.6 Å². The van der Waals surface area contributed by atoms with Crippen molar-refractivity contribution in [2.75, 3.05) is 37.4 Å². The molecule has 1 unspecified atom stereocenters. The van der Waals surface area contributed by atoms with E-state index in [0.717, 1.165) is 97.9 Å². The Bertz CT molecular complexity index is 1890. The summed E-state index contributed by atoms with van der Waals surface area (Å²) in [6.45, 7) is 1.06. The smallest absolute Gasteiger partial charge is 0.266 e. The van der Waals surface area contributed by atoms with Gasteiger partial charge in [-0.25, -0.2) is 0 Å². The highest BCUT2D eigenvalue weighted by Crippen LogP contribution is 2.35. The van der Waals surface area contributed by atoms with E-state index in [1.165, 1.54) is 12.1 Å². The number of amides is 6. The van der Waals surface area contributed by atoms with Crippen LogP contribution in [0.3, 0.4) is 0 Å². The van der Waals surface area contributed by atoms with Gasteiger partial charge in [-0.3, -0.25) is 44.0 Å². The number of carbonyl (C=O) groups excluding carboxylic acids is 6. The SMILES string of the molecule is CNC(=O)c1cnc2ccc(NCCCCCCCCCCNC(=O)COc3cccc4c3C(=O)N(C3CCC(=O)NC3=O)C4=O)cc2c1NC1CC1. The lowest BCUT2D eigenvalue weighted by Crippen LogP contribution is -2.54. The van der Waals surface area contributed by atoms with Crippen molar-refractivity contribution >= 4 is 57.7 Å². The molecule has 6 amide bonds. The summed E-state index contributed by atoms with van der Waals surface area (Å²) in [6, 6.07) is 9.99. The minimum atomic E-state index is -1.07. The number of carbonyl (C=O) groups is 6. The molecule has 0 spiro atoms. The molecule has 1 aromatic heterocycles. The summed E-state index contributed by atoms with van der Waals surface area (Å²) in [5.41, 5.74) is 3.40. The number of pyridine rings is 1. The molecule has 3 heterocycles. The van der Waals surface area contributed by atoms with Crippen LogP contribution in [0.1, 0.15) is 108 Å². The molecule has 3 aromatic rings. The van der Waals surface area contributed by atoms with Crippen LogP contribution in [-0.2, 0) is 14.4 Å². The largest absolute Gasteiger partial charge is 0.483 e. The van der Waals surface area contributed by atoms with Crippen molar-refractivity contribution in [1.29, 1.82) is 0 Å². The van der Waals surface area contributed by atoms with Gasteiger partial charge in [0.15, 0.2) is 6.61 Å². The third kappa shape index (κ3) is 9.10. The number of hydrogen-bond acceptors (Lipinski definition) is 10. The number of ether oxygens (including phenoxy) is 1. The lowest BCUT2D eigenvalue weighted by molar-refractivity contribution is -0.136. The minimum Gasteiger partial charge on any atom is -0.483 e. The van der Waals surface area contributed by atoms with Gasteiger partial charge < -0.3 is 26.0 Å². The number of unbranched alkanes of at least 4 members (excludes halogenated alkanes) is 7. The average molecular weight is 726 g/mol. The standard InChI is InChI=1S/C39H47N7O7/c1-40-36(49)28-22-43-29-16-15-25(21-27(29)35(28)44-24-13-14-24)41-19-8-6-4-2-3-5-7-9-20-42-33(48)23-53-31-12-10-11-26-34(31)39(52)46(38(26)51)30-17-18-32(47)45-37(30)50/h10-12,15-16,21-22,24,30,41H,2-9,13-14,17-20,23H2,1H3,(H,40,49)(H,42,48)(H,43,44)(H,45,47,50). The molecule has 0 bridgehead atoms. The van der Waals surface area contributed by atoms with Gasteiger partial charge in [-0.2, -0.15) is 0 Å². The molecular formula is C39H47N7O7. The molecule has 1 aliphatic carbocycles. The summed E-state index contributed by atoms with van der Waals surface area (Å²) in [4.78, 5) is 80.3. The summed E-state index contributed by atoms with van der Waals surface area (Å²) in [5, 5.41) is 15.7. The number of hydrogen-bond donors (Lipinski definition) is 5. The topological polar surface area (TPSA) is 188 Å². The van der Waals surface area contributed by atoms with Crippen molar-refractivity contribution in [3.8, 4) is 5.75 Å². The molecule has 14 heteroatoms. The summed E-state index contributed by atoms with van der Waals surface area (Å²) in [7, 11) is 1.63. The highest BCUT2D eigenvalue weighted by Gasteiger charge is 2.46. The summed E-state index contributed by atoms with van der Waals surface area (Å²) >= 11 is 0. The second kappa shape index (κ2) is 17.3. The molecule has 280 valence electrons. The first kappa shape index (κ1) is 37.2. The molecule has 53 heavy (non-hydrogen) atoms. The number of anilines is 2. The van der Waals surface area contributed by atoms with Crippen molar-refractivity contribution in [3.63, 3.8) is 0 Å². The number of nitrogens with one attached hydrogen (secondary N) is 5. The Hall–Kier alpha value is -5.53. The Labute approximate surface area is 308 Å². The van der Waals surface area contributed by atoms with E-state index in [1.54, 1.807) is 19.3 Å². The molecule has 3 aliphatic rings. The molecule has 6 rings (SSSR count). The fraction of sp³-hybridized carbons (Fsp3) is 0.462. The Kier molecular flexibility index (Phi) is 12.2. The van der Waals surface area contributed by atoms with Crippen molar-refractivity contribution in [3.05, 3.63) is 59.3 Å². The molecule has 0 radical (unpaired) electrons. The van der Waals surface area contributed by atoms with Gasteiger partial charge in [0.25, 0.3) is 23.6 Å². The van der Waals surface area contributed by atoms with Crippen molar-refractivity contribution in [1.82, 2.24) is 25.8 Å². The molecule has 2 fully saturated rings. The van der Waals surface area contributed by atoms with Crippen LogP contribution in [0.15, 0.2) is 42.6 Å². The third-order valence-electron chi connectivity index (χ3n) is 9.81. The fourth-order valence-corrected chi connectivity index (χ4v) is 6.77. The van der Waals surface area contributed by atoms with Gasteiger partial charge in [-0.1, -0.05) is 44.6 Å². The normalized spacial score (nSPS) is 16.7. The molecule has 1 saturated heterocycles. The molecule has 2 aliphatic heterocycles. The van der Waals surface area contributed by atoms with E-state index in [9.17, 15) is 28.8 Å². The van der Waals surface area contributed by atoms with Gasteiger partial charge in [-0.15, -0.1) is 0 Å². The minimum absolute atomic E-state index is 0.0165. The lowest BCUT2D eigenvalue weighted by atomic mass is 10.0. The number of piperidine rings is 1. The second-order valence-electron chi connectivity index (χ2n) is 13.8. The fourth-order valence-electron chi connectivity index (χ4n) is 6.77. The van der Waals surface area contributed by atoms with Crippen LogP contribution in [0.5, 0.6) is 5.75 Å². The second-order valence-corrected chi connectivity index (χ2v) is 13.8. The van der Waals surface area contributed by atoms with Crippen LogP contribution in [-0.4, -0.2) is 84.2 Å². The maximum absolute atomic E-state index is 13.2. The van der Waals surface area contributed by atoms with Gasteiger partial charge >= 0.3 is 0 Å². The Morgan fingerprint density at radius 3 is 2.36 bits per heavy atom. The van der Waals surface area contributed by atoms with E-state index in [-0.39, 0.29) is 48.1 Å². The zero-order valence-corrected chi connectivity index (χ0v) is 30.1. The predicted octanol–water partition coefficient (Wildman–Crippen LogP) is 4.30. The van der Waals surface area contributed by atoms with E-state index >= 15 is 0 Å². The molecular weight excluding hydrogens is 678 g/mol. The van der Waals surface area contributed by atoms with Gasteiger partial charge in [0.1, 0.15) is 11.8 Å². The van der Waals surface area contributed by atoms with E-state index in [0.29, 0.717) is 18.2 Å². The summed E-state index contributed by atoms with van der Waals surface area (Å²) < 4.78 is 5.65. The molecule has 1 atom stereocenters. The number of nitrogens with zero attached hydrogens (tertiary/aromatic N) is 2. The van der Waals surface area contributed by atoms with Crippen LogP contribution in [0.4, 0.5) is 11.4 Å². The zero-order valence-electron chi connectivity index (χ0n) is 30.1. The molecule has 2 aromatic carbocycles. The van der Waals surface area contributed by atoms with Crippen molar-refractivity contribution in [2.45, 2.75) is 89.1 Å². The molecule has 1 saturated carbocycles. The van der Waals surface area contributed by atoms with E-state index < -0.39 is 29.7 Å². The van der Waals surface area contributed by atoms with Crippen LogP contribution < -0.4 is 31.3 Å². The Morgan fingerprint density at radius 2 is 1.64 bits per heavy atom. The summed E-state index contributed by atoms with van der Waals surface area (Å²) in [6.07, 6.45) is 12.5. The van der Waals surface area contributed by atoms with Gasteiger partial charge in [0.05, 0.1) is 27.9 Å². The van der Waals surface area contributed by atoms with Gasteiger partial charge in [0.2, 0.25) is 11.8 Å². The summed E-state index contributed by atoms with van der Waals surface area (Å²) in [5.74, 6) is -2.82. The van der Waals surface area contributed by atoms with Crippen LogP contribution in [0.25, 0.3) is 10.9 Å². The Morgan fingerprint density at radius 1 is 0.906 bits per heavy atom. The predicted molar refractivity (Wildman–Crippen MR) is 199 cm³/mol. The monoisotopic (exact) mass is 725 g/mol. The van der Waals surface area contributed by atoms with Gasteiger partial charge in [-0.05, 0) is 62.4 Å². The van der Waals surface area contributed by atoms with E-state index in [1.807, 2.05) is 12.1 Å². The molecule has 14 nitrogen and oxygen atoms in total. The highest BCUT2D eigenvalue weighted by molar-refractivity contribution is 6.24. The van der Waals surface area contributed by atoms with Gasteiger partial charge in [0, 0.05) is 49.9 Å². The number of aromatic nitrogens is 1. The van der Waals surface area contributed by atoms with Crippen molar-refractivity contribution in [2.24, 2.45) is 0 Å². The lowest BCUT2D eigenvalue weighted by Gasteiger charge is -2.27. The number of rotatable bonds is 19. The average Bonchev–Trinajstić information content (AvgIpc) is 3.94. The van der Waals surface area contributed by atoms with Crippen LogP contribution in [0.2, 0.25) is 0 Å².